The first-order valence-electron chi connectivity index (χ1n) is 14.9. The van der Waals surface area contributed by atoms with Gasteiger partial charge in [0.25, 0.3) is 11.8 Å². The summed E-state index contributed by atoms with van der Waals surface area (Å²) in [5.41, 5.74) is 9.53. The van der Waals surface area contributed by atoms with Gasteiger partial charge in [-0.1, -0.05) is 59.7 Å². The van der Waals surface area contributed by atoms with E-state index in [-0.39, 0.29) is 36.2 Å². The molecule has 9 nitrogen and oxygen atoms in total. The lowest BCUT2D eigenvalue weighted by atomic mass is 9.98. The van der Waals surface area contributed by atoms with E-state index in [0.717, 1.165) is 51.1 Å². The van der Waals surface area contributed by atoms with E-state index in [1.54, 1.807) is 0 Å². The van der Waals surface area contributed by atoms with Crippen molar-refractivity contribution in [3.05, 3.63) is 95.4 Å². The zero-order valence-electron chi connectivity index (χ0n) is 25.5. The zero-order valence-corrected chi connectivity index (χ0v) is 27.9. The molecule has 0 bridgehead atoms. The molecule has 0 N–H and O–H groups in total. The number of nitrogens with zero attached hydrogens (tertiary/aromatic N) is 5. The standard InChI is InChI=1S/C35H32N5O4S.BrH/c1-23-8-13-26(14-9-23)32-28(36-33(35-34(32)37-45-38-35)27-15-10-24(2)11-16-27)17-12-25-6-5-21-39(22-25)20-4-3-7-31(43)44-40-29(41)18-19-30(40)42;/h5-6,8-17,21-22H,3-4,7,18-20H2,1-2H3;1H/q+1;/p-1/b17-12+;. The van der Waals surface area contributed by atoms with Gasteiger partial charge in [-0.3, -0.25) is 9.59 Å². The second kappa shape index (κ2) is 14.7. The largest absolute Gasteiger partial charge is 1.00 e. The van der Waals surface area contributed by atoms with Crippen LogP contribution in [0.15, 0.2) is 73.1 Å². The third-order valence-electron chi connectivity index (χ3n) is 7.66. The van der Waals surface area contributed by atoms with Gasteiger partial charge in [0.2, 0.25) is 0 Å². The summed E-state index contributed by atoms with van der Waals surface area (Å²) in [6, 6.07) is 20.7. The fraction of sp³-hybridized carbons (Fsp3) is 0.229. The number of imide groups is 1. The molecule has 1 fully saturated rings. The second-order valence-electron chi connectivity index (χ2n) is 11.1. The number of fused-ring (bicyclic) bond motifs is 1. The maximum absolute atomic E-state index is 12.1. The second-order valence-corrected chi connectivity index (χ2v) is 11.7. The van der Waals surface area contributed by atoms with E-state index in [2.05, 4.69) is 71.3 Å². The normalized spacial score (nSPS) is 13.0. The number of aromatic nitrogens is 4. The molecule has 5 aromatic rings. The van der Waals surface area contributed by atoms with Crippen LogP contribution in [0.2, 0.25) is 0 Å². The number of pyridine rings is 2. The molecular formula is C35H32BrN5O4S. The number of aryl methyl sites for hydroxylation is 3. The Kier molecular flexibility index (Phi) is 10.4. The van der Waals surface area contributed by atoms with Crippen LogP contribution in [-0.4, -0.2) is 36.6 Å². The Balaban J connectivity index is 0.00000417. The summed E-state index contributed by atoms with van der Waals surface area (Å²) in [6.07, 6.45) is 9.69. The summed E-state index contributed by atoms with van der Waals surface area (Å²) in [6.45, 7) is 4.82. The number of hydroxylamine groups is 2. The molecule has 0 spiro atoms. The van der Waals surface area contributed by atoms with Crippen LogP contribution >= 0.6 is 11.7 Å². The number of halogens is 1. The smallest absolute Gasteiger partial charge is 0.333 e. The molecule has 0 saturated carbocycles. The molecule has 46 heavy (non-hydrogen) atoms. The Labute approximate surface area is 281 Å². The van der Waals surface area contributed by atoms with Gasteiger partial charge >= 0.3 is 5.97 Å². The van der Waals surface area contributed by atoms with Crippen LogP contribution in [0, 0.1) is 13.8 Å². The first-order valence-corrected chi connectivity index (χ1v) is 15.6. The molecule has 2 amide bonds. The summed E-state index contributed by atoms with van der Waals surface area (Å²) in [5.74, 6) is -1.51. The lowest BCUT2D eigenvalue weighted by molar-refractivity contribution is -0.697. The lowest BCUT2D eigenvalue weighted by Crippen LogP contribution is -3.00. The van der Waals surface area contributed by atoms with Gasteiger partial charge in [0, 0.05) is 48.4 Å². The molecule has 0 atom stereocenters. The Hall–Kier alpha value is -4.61. The Morgan fingerprint density at radius 3 is 2.24 bits per heavy atom. The molecule has 1 saturated heterocycles. The maximum atomic E-state index is 12.1. The lowest BCUT2D eigenvalue weighted by Gasteiger charge is -2.12. The van der Waals surface area contributed by atoms with Gasteiger partial charge in [-0.25, -0.2) is 14.3 Å². The topological polar surface area (TPSA) is 106 Å². The first-order chi connectivity index (χ1) is 21.9. The molecule has 1 aliphatic heterocycles. The molecule has 11 heteroatoms. The number of hydrogen-bond acceptors (Lipinski definition) is 8. The number of carbonyl (C=O) groups excluding carboxylic acids is 3. The molecule has 6 rings (SSSR count). The van der Waals surface area contributed by atoms with Gasteiger partial charge in [-0.05, 0) is 44.1 Å². The van der Waals surface area contributed by atoms with Crippen molar-refractivity contribution < 1.29 is 40.8 Å². The van der Waals surface area contributed by atoms with Crippen molar-refractivity contribution in [3.8, 4) is 22.4 Å². The van der Waals surface area contributed by atoms with Crippen LogP contribution in [0.3, 0.4) is 0 Å². The van der Waals surface area contributed by atoms with E-state index in [4.69, 9.17) is 14.2 Å². The van der Waals surface area contributed by atoms with Crippen molar-refractivity contribution in [2.24, 2.45) is 0 Å². The highest BCUT2D eigenvalue weighted by Crippen LogP contribution is 2.36. The van der Waals surface area contributed by atoms with Crippen LogP contribution in [0.1, 0.15) is 54.5 Å². The highest BCUT2D eigenvalue weighted by molar-refractivity contribution is 7.00. The van der Waals surface area contributed by atoms with Gasteiger partial charge in [0.15, 0.2) is 12.4 Å². The SMILES string of the molecule is Cc1ccc(-c2nc(/C=C/c3ccc[n+](CCCCC(=O)ON4C(=O)CCC4=O)c3)c(-c3ccc(C)cc3)c3nsnc23)cc1.[Br-]. The summed E-state index contributed by atoms with van der Waals surface area (Å²) >= 11 is 1.19. The third kappa shape index (κ3) is 7.43. The fourth-order valence-corrected chi connectivity index (χ4v) is 5.78. The van der Waals surface area contributed by atoms with Crippen molar-refractivity contribution in [3.63, 3.8) is 0 Å². The van der Waals surface area contributed by atoms with E-state index in [0.29, 0.717) is 18.0 Å². The van der Waals surface area contributed by atoms with Crippen LogP contribution in [0.25, 0.3) is 45.6 Å². The van der Waals surface area contributed by atoms with Crippen molar-refractivity contribution >= 4 is 52.7 Å². The van der Waals surface area contributed by atoms with Gasteiger partial charge in [0.05, 0.1) is 23.1 Å². The molecule has 0 radical (unpaired) electrons. The zero-order chi connectivity index (χ0) is 31.3. The summed E-state index contributed by atoms with van der Waals surface area (Å²) in [5, 5.41) is 0.596. The highest BCUT2D eigenvalue weighted by atomic mass is 79.9. The molecular weight excluding hydrogens is 666 g/mol. The average molecular weight is 699 g/mol. The van der Waals surface area contributed by atoms with Gasteiger partial charge in [-0.2, -0.15) is 8.75 Å². The number of unbranched alkanes of at least 4 members (excludes halogenated alkanes) is 1. The van der Waals surface area contributed by atoms with Crippen molar-refractivity contribution in [1.29, 1.82) is 0 Å². The summed E-state index contributed by atoms with van der Waals surface area (Å²) in [4.78, 5) is 45.6. The number of amides is 2. The van der Waals surface area contributed by atoms with Crippen LogP contribution in [0.5, 0.6) is 0 Å². The first kappa shape index (κ1) is 32.8. The van der Waals surface area contributed by atoms with Crippen molar-refractivity contribution in [2.45, 2.75) is 52.5 Å². The van der Waals surface area contributed by atoms with Crippen LogP contribution in [-0.2, 0) is 25.8 Å². The van der Waals surface area contributed by atoms with Gasteiger partial charge in [0.1, 0.15) is 17.6 Å². The minimum absolute atomic E-state index is 0. The Bertz CT molecular complexity index is 1910. The van der Waals surface area contributed by atoms with E-state index >= 15 is 0 Å². The quantitative estimate of drug-likeness (QED) is 0.125. The van der Waals surface area contributed by atoms with Gasteiger partial charge < -0.3 is 21.8 Å². The molecule has 2 aromatic carbocycles. The van der Waals surface area contributed by atoms with Crippen LogP contribution < -0.4 is 21.5 Å². The van der Waals surface area contributed by atoms with Crippen molar-refractivity contribution in [1.82, 2.24) is 18.8 Å². The number of rotatable bonds is 10. The fourth-order valence-electron chi connectivity index (χ4n) is 5.22. The summed E-state index contributed by atoms with van der Waals surface area (Å²) in [7, 11) is 0. The number of hydrogen-bond donors (Lipinski definition) is 0. The molecule has 234 valence electrons. The summed E-state index contributed by atoms with van der Waals surface area (Å²) < 4.78 is 11.4. The van der Waals surface area contributed by atoms with E-state index in [9.17, 15) is 14.4 Å². The van der Waals surface area contributed by atoms with Gasteiger partial charge in [-0.15, -0.1) is 5.06 Å². The minimum atomic E-state index is -0.575. The van der Waals surface area contributed by atoms with E-state index < -0.39 is 17.8 Å². The maximum Gasteiger partial charge on any atom is 0.333 e. The highest BCUT2D eigenvalue weighted by Gasteiger charge is 2.32. The molecule has 0 unspecified atom stereocenters. The Morgan fingerprint density at radius 1 is 0.891 bits per heavy atom. The molecule has 0 aliphatic carbocycles. The molecule has 3 aromatic heterocycles. The minimum Gasteiger partial charge on any atom is -1.00 e. The Morgan fingerprint density at radius 2 is 1.54 bits per heavy atom. The third-order valence-corrected chi connectivity index (χ3v) is 8.19. The molecule has 1 aliphatic rings. The number of carbonyl (C=O) groups is 3. The predicted octanol–water partition coefficient (Wildman–Crippen LogP) is 3.28. The van der Waals surface area contributed by atoms with E-state index in [1.807, 2.05) is 36.7 Å². The molecule has 4 heterocycles. The van der Waals surface area contributed by atoms with Crippen LogP contribution in [0.4, 0.5) is 0 Å². The number of benzene rings is 2. The average Bonchev–Trinajstić information content (AvgIpc) is 3.65. The van der Waals surface area contributed by atoms with Crippen molar-refractivity contribution in [2.75, 3.05) is 0 Å². The predicted molar refractivity (Wildman–Crippen MR) is 172 cm³/mol. The monoisotopic (exact) mass is 697 g/mol. The van der Waals surface area contributed by atoms with E-state index in [1.165, 1.54) is 22.9 Å².